The molecule has 2 aromatic heterocycles. The normalized spacial score (nSPS) is 14.2. The van der Waals surface area contributed by atoms with Crippen LogP contribution in [0.1, 0.15) is 28.4 Å². The fraction of sp³-hybridized carbons (Fsp3) is 0.333. The quantitative estimate of drug-likeness (QED) is 0.660. The topological polar surface area (TPSA) is 92.7 Å². The molecule has 1 saturated heterocycles. The molecule has 0 radical (unpaired) electrons. The van der Waals surface area contributed by atoms with Gasteiger partial charge in [-0.05, 0) is 30.7 Å². The zero-order valence-electron chi connectivity index (χ0n) is 16.2. The molecular weight excluding hydrogens is 372 g/mol. The van der Waals surface area contributed by atoms with Gasteiger partial charge in [0, 0.05) is 44.6 Å². The fourth-order valence-corrected chi connectivity index (χ4v) is 3.36. The lowest BCUT2D eigenvalue weighted by atomic mass is 10.1. The number of amides is 2. The lowest BCUT2D eigenvalue weighted by molar-refractivity contribution is -0.132. The van der Waals surface area contributed by atoms with Gasteiger partial charge in [0.05, 0.1) is 6.26 Å². The first-order valence-corrected chi connectivity index (χ1v) is 9.61. The Bertz CT molecular complexity index is 988. The van der Waals surface area contributed by atoms with Gasteiger partial charge in [0.15, 0.2) is 5.76 Å². The number of rotatable bonds is 5. The van der Waals surface area contributed by atoms with Gasteiger partial charge in [0.25, 0.3) is 5.91 Å². The molecular formula is C21H22N4O4. The van der Waals surface area contributed by atoms with Gasteiger partial charge in [-0.15, -0.1) is 10.2 Å². The molecule has 0 aliphatic carbocycles. The molecule has 2 amide bonds. The molecule has 8 heteroatoms. The summed E-state index contributed by atoms with van der Waals surface area (Å²) >= 11 is 0. The predicted molar refractivity (Wildman–Crippen MR) is 104 cm³/mol. The summed E-state index contributed by atoms with van der Waals surface area (Å²) in [5, 5.41) is 8.16. The summed E-state index contributed by atoms with van der Waals surface area (Å²) in [7, 11) is 0. The highest BCUT2D eigenvalue weighted by Gasteiger charge is 2.26. The van der Waals surface area contributed by atoms with Crippen molar-refractivity contribution in [3.8, 4) is 11.5 Å². The van der Waals surface area contributed by atoms with Crippen molar-refractivity contribution in [1.29, 1.82) is 0 Å². The lowest BCUT2D eigenvalue weighted by Gasteiger charge is -2.34. The van der Waals surface area contributed by atoms with Crippen molar-refractivity contribution in [3.63, 3.8) is 0 Å². The molecule has 1 aromatic carbocycles. The van der Waals surface area contributed by atoms with E-state index in [4.69, 9.17) is 8.83 Å². The molecule has 1 aliphatic heterocycles. The zero-order chi connectivity index (χ0) is 20.2. The van der Waals surface area contributed by atoms with Crippen molar-refractivity contribution in [2.24, 2.45) is 0 Å². The number of piperazine rings is 1. The number of nitrogens with zero attached hydrogens (tertiary/aromatic N) is 4. The van der Waals surface area contributed by atoms with Gasteiger partial charge in [0.2, 0.25) is 17.7 Å². The van der Waals surface area contributed by atoms with Crippen LogP contribution in [0.5, 0.6) is 0 Å². The zero-order valence-corrected chi connectivity index (χ0v) is 16.2. The Hall–Kier alpha value is -3.42. The molecule has 3 aromatic rings. The number of aryl methyl sites for hydroxylation is 2. The number of furan rings is 1. The Morgan fingerprint density at radius 1 is 1.00 bits per heavy atom. The van der Waals surface area contributed by atoms with E-state index in [1.54, 1.807) is 21.9 Å². The summed E-state index contributed by atoms with van der Waals surface area (Å²) in [4.78, 5) is 28.3. The molecule has 0 bridgehead atoms. The Labute approximate surface area is 168 Å². The third-order valence-corrected chi connectivity index (χ3v) is 5.05. The number of benzene rings is 1. The van der Waals surface area contributed by atoms with Crippen molar-refractivity contribution >= 4 is 11.8 Å². The summed E-state index contributed by atoms with van der Waals surface area (Å²) in [5.74, 6) is 1.12. The number of carbonyl (C=O) groups excluding carboxylic acids is 2. The van der Waals surface area contributed by atoms with E-state index < -0.39 is 0 Å². The van der Waals surface area contributed by atoms with E-state index in [1.807, 2.05) is 31.2 Å². The van der Waals surface area contributed by atoms with Crippen LogP contribution in [-0.4, -0.2) is 58.0 Å². The maximum atomic E-state index is 12.5. The number of carbonyl (C=O) groups is 2. The van der Waals surface area contributed by atoms with Gasteiger partial charge >= 0.3 is 0 Å². The van der Waals surface area contributed by atoms with Crippen LogP contribution in [-0.2, 0) is 11.2 Å². The van der Waals surface area contributed by atoms with Crippen LogP contribution < -0.4 is 0 Å². The Kier molecular flexibility index (Phi) is 5.41. The molecule has 0 saturated carbocycles. The van der Waals surface area contributed by atoms with Crippen molar-refractivity contribution in [3.05, 3.63) is 59.9 Å². The van der Waals surface area contributed by atoms with E-state index in [0.29, 0.717) is 56.6 Å². The monoisotopic (exact) mass is 394 g/mol. The third-order valence-electron chi connectivity index (χ3n) is 5.05. The van der Waals surface area contributed by atoms with Crippen LogP contribution >= 0.6 is 0 Å². The van der Waals surface area contributed by atoms with E-state index in [9.17, 15) is 9.59 Å². The molecule has 0 spiro atoms. The number of aromatic nitrogens is 2. The molecule has 1 aliphatic rings. The van der Waals surface area contributed by atoms with Gasteiger partial charge in [-0.2, -0.15) is 0 Å². The van der Waals surface area contributed by atoms with Gasteiger partial charge in [-0.25, -0.2) is 0 Å². The SMILES string of the molecule is Cc1ccccc1-c1nnc(CCC(=O)N2CCN(C(=O)c3ccco3)CC2)o1. The predicted octanol–water partition coefficient (Wildman–Crippen LogP) is 2.56. The van der Waals surface area contributed by atoms with Gasteiger partial charge < -0.3 is 18.6 Å². The Morgan fingerprint density at radius 3 is 2.48 bits per heavy atom. The van der Waals surface area contributed by atoms with Crippen LogP contribution in [0, 0.1) is 6.92 Å². The Balaban J connectivity index is 1.28. The molecule has 29 heavy (non-hydrogen) atoms. The van der Waals surface area contributed by atoms with Gasteiger partial charge in [-0.1, -0.05) is 18.2 Å². The largest absolute Gasteiger partial charge is 0.459 e. The Morgan fingerprint density at radius 2 is 1.76 bits per heavy atom. The average molecular weight is 394 g/mol. The summed E-state index contributed by atoms with van der Waals surface area (Å²) in [6.07, 6.45) is 2.17. The molecule has 3 heterocycles. The highest BCUT2D eigenvalue weighted by molar-refractivity contribution is 5.91. The first-order valence-electron chi connectivity index (χ1n) is 9.61. The van der Waals surface area contributed by atoms with Gasteiger partial charge in [-0.3, -0.25) is 9.59 Å². The van der Waals surface area contributed by atoms with Crippen molar-refractivity contribution < 1.29 is 18.4 Å². The standard InChI is InChI=1S/C21H22N4O4/c1-15-5-2-3-6-16(15)20-23-22-18(29-20)8-9-19(26)24-10-12-25(13-11-24)21(27)17-7-4-14-28-17/h2-7,14H,8-13H2,1H3. The van der Waals surface area contributed by atoms with Crippen LogP contribution in [0.25, 0.3) is 11.5 Å². The maximum Gasteiger partial charge on any atom is 0.289 e. The summed E-state index contributed by atoms with van der Waals surface area (Å²) < 4.78 is 10.9. The summed E-state index contributed by atoms with van der Waals surface area (Å²) in [6.45, 7) is 3.97. The van der Waals surface area contributed by atoms with Crippen LogP contribution in [0.3, 0.4) is 0 Å². The van der Waals surface area contributed by atoms with Gasteiger partial charge in [0.1, 0.15) is 0 Å². The molecule has 4 rings (SSSR count). The second kappa shape index (κ2) is 8.30. The summed E-state index contributed by atoms with van der Waals surface area (Å²) in [6, 6.07) is 11.1. The highest BCUT2D eigenvalue weighted by Crippen LogP contribution is 2.22. The van der Waals surface area contributed by atoms with Crippen molar-refractivity contribution in [2.45, 2.75) is 19.8 Å². The van der Waals surface area contributed by atoms with Crippen LogP contribution in [0.2, 0.25) is 0 Å². The second-order valence-corrected chi connectivity index (χ2v) is 6.97. The third kappa shape index (κ3) is 4.21. The number of hydrogen-bond acceptors (Lipinski definition) is 6. The molecule has 0 unspecified atom stereocenters. The number of hydrogen-bond donors (Lipinski definition) is 0. The van der Waals surface area contributed by atoms with Crippen molar-refractivity contribution in [2.75, 3.05) is 26.2 Å². The highest BCUT2D eigenvalue weighted by atomic mass is 16.4. The summed E-state index contributed by atoms with van der Waals surface area (Å²) in [5.41, 5.74) is 1.95. The van der Waals surface area contributed by atoms with E-state index in [1.165, 1.54) is 6.26 Å². The smallest absolute Gasteiger partial charge is 0.289 e. The molecule has 0 atom stereocenters. The minimum absolute atomic E-state index is 0.0192. The van der Waals surface area contributed by atoms with E-state index in [0.717, 1.165) is 11.1 Å². The van der Waals surface area contributed by atoms with E-state index >= 15 is 0 Å². The van der Waals surface area contributed by atoms with Crippen molar-refractivity contribution in [1.82, 2.24) is 20.0 Å². The molecule has 0 N–H and O–H groups in total. The average Bonchev–Trinajstić information content (AvgIpc) is 3.44. The first-order chi connectivity index (χ1) is 14.1. The van der Waals surface area contributed by atoms with E-state index in [2.05, 4.69) is 10.2 Å². The van der Waals surface area contributed by atoms with Crippen LogP contribution in [0.15, 0.2) is 51.5 Å². The van der Waals surface area contributed by atoms with Crippen LogP contribution in [0.4, 0.5) is 0 Å². The second-order valence-electron chi connectivity index (χ2n) is 6.97. The molecule has 150 valence electrons. The van der Waals surface area contributed by atoms with E-state index in [-0.39, 0.29) is 11.8 Å². The lowest BCUT2D eigenvalue weighted by Crippen LogP contribution is -2.50. The maximum absolute atomic E-state index is 12.5. The first kappa shape index (κ1) is 18.9. The molecule has 8 nitrogen and oxygen atoms in total. The molecule has 1 fully saturated rings. The minimum atomic E-state index is -0.142. The minimum Gasteiger partial charge on any atom is -0.459 e. The fourth-order valence-electron chi connectivity index (χ4n) is 3.36.